The van der Waals surface area contributed by atoms with Gasteiger partial charge in [-0.25, -0.2) is 4.99 Å². The zero-order valence-corrected chi connectivity index (χ0v) is 11.7. The van der Waals surface area contributed by atoms with Crippen molar-refractivity contribution >= 4 is 17.4 Å². The molecule has 0 radical (unpaired) electrons. The largest absolute Gasteiger partial charge is 0.387 e. The molecule has 2 atom stereocenters. The molecule has 0 heterocycles. The van der Waals surface area contributed by atoms with Crippen molar-refractivity contribution in [2.45, 2.75) is 25.5 Å². The van der Waals surface area contributed by atoms with Crippen LogP contribution < -0.4 is 0 Å². The minimum absolute atomic E-state index is 0.0730. The smallest absolute Gasteiger partial charge is 0.0942 e. The lowest BCUT2D eigenvalue weighted by molar-refractivity contribution is 0.0724. The van der Waals surface area contributed by atoms with E-state index in [1.807, 2.05) is 44.3 Å². The molecule has 0 aromatic heterocycles. The van der Waals surface area contributed by atoms with Crippen LogP contribution in [-0.4, -0.2) is 41.3 Å². The zero-order valence-electron chi connectivity index (χ0n) is 10.9. The van der Waals surface area contributed by atoms with Crippen molar-refractivity contribution in [1.82, 2.24) is 4.90 Å². The van der Waals surface area contributed by atoms with Crippen molar-refractivity contribution in [3.8, 4) is 0 Å². The summed E-state index contributed by atoms with van der Waals surface area (Å²) in [6.07, 6.45) is 0.455. The first-order chi connectivity index (χ1) is 8.66. The van der Waals surface area contributed by atoms with Gasteiger partial charge in [-0.3, -0.25) is 0 Å². The minimum atomic E-state index is -0.467. The monoisotopic (exact) mass is 264 g/mol. The quantitative estimate of drug-likeness (QED) is 0.467. The zero-order chi connectivity index (χ0) is 13.4. The number of hydrogen-bond donors (Lipinski definition) is 1. The van der Waals surface area contributed by atoms with E-state index in [2.05, 4.69) is 27.3 Å². The first kappa shape index (κ1) is 15.0. The van der Waals surface area contributed by atoms with Gasteiger partial charge in [-0.1, -0.05) is 30.3 Å². The average Bonchev–Trinajstić information content (AvgIpc) is 2.42. The van der Waals surface area contributed by atoms with Crippen molar-refractivity contribution in [2.75, 3.05) is 20.1 Å². The number of rotatable bonds is 7. The number of aliphatic imine (C=N–C) groups is 1. The van der Waals surface area contributed by atoms with Crippen molar-refractivity contribution in [3.63, 3.8) is 0 Å². The molecule has 98 valence electrons. The summed E-state index contributed by atoms with van der Waals surface area (Å²) in [4.78, 5) is 6.02. The second-order valence-electron chi connectivity index (χ2n) is 4.40. The Balaban J connectivity index is 2.47. The Morgan fingerprint density at radius 1 is 1.39 bits per heavy atom. The molecule has 1 aromatic rings. The molecule has 0 saturated heterocycles. The summed E-state index contributed by atoms with van der Waals surface area (Å²) in [6.45, 7) is 3.60. The van der Waals surface area contributed by atoms with E-state index < -0.39 is 6.10 Å². The SMILES string of the molecule is CC(C(O)c1ccccc1)N(C)CCCN=C=S. The topological polar surface area (TPSA) is 35.8 Å². The van der Waals surface area contributed by atoms with Crippen LogP contribution in [0.5, 0.6) is 0 Å². The van der Waals surface area contributed by atoms with E-state index in [0.29, 0.717) is 6.54 Å². The molecule has 4 heteroatoms. The highest BCUT2D eigenvalue weighted by Crippen LogP contribution is 2.19. The van der Waals surface area contributed by atoms with Gasteiger partial charge < -0.3 is 10.0 Å². The molecule has 0 amide bonds. The van der Waals surface area contributed by atoms with Crippen molar-refractivity contribution in [2.24, 2.45) is 4.99 Å². The molecule has 1 rings (SSSR count). The van der Waals surface area contributed by atoms with E-state index in [4.69, 9.17) is 0 Å². The summed E-state index contributed by atoms with van der Waals surface area (Å²) in [6, 6.07) is 9.81. The Labute approximate surface area is 114 Å². The van der Waals surface area contributed by atoms with Gasteiger partial charge in [0.15, 0.2) is 0 Å². The van der Waals surface area contributed by atoms with Gasteiger partial charge in [0, 0.05) is 12.6 Å². The lowest BCUT2D eigenvalue weighted by Crippen LogP contribution is -2.35. The van der Waals surface area contributed by atoms with Gasteiger partial charge in [0.1, 0.15) is 0 Å². The number of aliphatic hydroxyl groups excluding tert-OH is 1. The highest BCUT2D eigenvalue weighted by molar-refractivity contribution is 7.78. The van der Waals surface area contributed by atoms with Crippen LogP contribution in [0.25, 0.3) is 0 Å². The lowest BCUT2D eigenvalue weighted by Gasteiger charge is -2.28. The van der Waals surface area contributed by atoms with Crippen molar-refractivity contribution in [1.29, 1.82) is 0 Å². The van der Waals surface area contributed by atoms with Crippen molar-refractivity contribution in [3.05, 3.63) is 35.9 Å². The summed E-state index contributed by atoms with van der Waals surface area (Å²) in [5.74, 6) is 0. The Morgan fingerprint density at radius 2 is 2.06 bits per heavy atom. The predicted octanol–water partition coefficient (Wildman–Crippen LogP) is 2.53. The maximum Gasteiger partial charge on any atom is 0.0942 e. The normalized spacial score (nSPS) is 14.0. The molecule has 1 aromatic carbocycles. The van der Waals surface area contributed by atoms with E-state index in [9.17, 15) is 5.11 Å². The van der Waals surface area contributed by atoms with E-state index in [1.165, 1.54) is 0 Å². The highest BCUT2D eigenvalue weighted by Gasteiger charge is 2.19. The molecule has 18 heavy (non-hydrogen) atoms. The molecule has 0 saturated carbocycles. The van der Waals surface area contributed by atoms with Gasteiger partial charge in [0.25, 0.3) is 0 Å². The van der Waals surface area contributed by atoms with E-state index in [-0.39, 0.29) is 6.04 Å². The molecule has 0 fully saturated rings. The number of aliphatic hydroxyl groups is 1. The summed E-state index contributed by atoms with van der Waals surface area (Å²) in [5, 5.41) is 12.6. The first-order valence-electron chi connectivity index (χ1n) is 6.13. The van der Waals surface area contributed by atoms with E-state index in [0.717, 1.165) is 18.5 Å². The van der Waals surface area contributed by atoms with Gasteiger partial charge in [0.05, 0.1) is 17.8 Å². The molecule has 0 aliphatic carbocycles. The number of benzene rings is 1. The Kier molecular flexibility index (Phi) is 6.76. The fourth-order valence-corrected chi connectivity index (χ4v) is 1.91. The average molecular weight is 264 g/mol. The van der Waals surface area contributed by atoms with Crippen LogP contribution in [0.2, 0.25) is 0 Å². The molecule has 1 N–H and O–H groups in total. The molecule has 0 aliphatic heterocycles. The number of thiocarbonyl (C=S) groups is 1. The fraction of sp³-hybridized carbons (Fsp3) is 0.500. The number of hydrogen-bond acceptors (Lipinski definition) is 4. The van der Waals surface area contributed by atoms with Crippen molar-refractivity contribution < 1.29 is 5.11 Å². The van der Waals surface area contributed by atoms with E-state index in [1.54, 1.807) is 0 Å². The maximum atomic E-state index is 10.3. The highest BCUT2D eigenvalue weighted by atomic mass is 32.1. The number of nitrogens with zero attached hydrogens (tertiary/aromatic N) is 2. The molecule has 3 nitrogen and oxygen atoms in total. The summed E-state index contributed by atoms with van der Waals surface area (Å²) in [7, 11) is 2.01. The van der Waals surface area contributed by atoms with Crippen LogP contribution in [0.15, 0.2) is 35.3 Å². The third-order valence-corrected chi connectivity index (χ3v) is 3.27. The van der Waals surface area contributed by atoms with Crippen LogP contribution in [0.1, 0.15) is 25.0 Å². The summed E-state index contributed by atoms with van der Waals surface area (Å²) >= 11 is 4.52. The molecular weight excluding hydrogens is 244 g/mol. The predicted molar refractivity (Wildman–Crippen MR) is 78.0 cm³/mol. The van der Waals surface area contributed by atoms with Crippen LogP contribution in [-0.2, 0) is 0 Å². The first-order valence-corrected chi connectivity index (χ1v) is 6.54. The van der Waals surface area contributed by atoms with Gasteiger partial charge in [-0.2, -0.15) is 0 Å². The third kappa shape index (κ3) is 4.67. The Hall–Kier alpha value is -1.06. The fourth-order valence-electron chi connectivity index (χ4n) is 1.82. The number of isothiocyanates is 1. The van der Waals surface area contributed by atoms with Gasteiger partial charge in [-0.15, -0.1) is 0 Å². The van der Waals surface area contributed by atoms with Crippen LogP contribution in [0.3, 0.4) is 0 Å². The standard InChI is InChI=1S/C14H20N2OS/c1-12(16(2)10-6-9-15-11-18)14(17)13-7-4-3-5-8-13/h3-5,7-8,12,14,17H,6,9-10H2,1-2H3. The second kappa shape index (κ2) is 8.11. The molecule has 0 spiro atoms. The van der Waals surface area contributed by atoms with Crippen LogP contribution >= 0.6 is 12.2 Å². The van der Waals surface area contributed by atoms with Crippen LogP contribution in [0.4, 0.5) is 0 Å². The van der Waals surface area contributed by atoms with Crippen LogP contribution in [0, 0.1) is 0 Å². The lowest BCUT2D eigenvalue weighted by atomic mass is 10.0. The Morgan fingerprint density at radius 3 is 2.67 bits per heavy atom. The van der Waals surface area contributed by atoms with E-state index >= 15 is 0 Å². The molecule has 2 unspecified atom stereocenters. The minimum Gasteiger partial charge on any atom is -0.387 e. The summed E-state index contributed by atoms with van der Waals surface area (Å²) < 4.78 is 0. The number of likely N-dealkylation sites (N-methyl/N-ethyl adjacent to an activating group) is 1. The van der Waals surface area contributed by atoms with Gasteiger partial charge in [-0.05, 0) is 38.2 Å². The molecule has 0 aliphatic rings. The van der Waals surface area contributed by atoms with Gasteiger partial charge in [0.2, 0.25) is 0 Å². The summed E-state index contributed by atoms with van der Waals surface area (Å²) in [5.41, 5.74) is 0.953. The third-order valence-electron chi connectivity index (χ3n) is 3.14. The maximum absolute atomic E-state index is 10.3. The van der Waals surface area contributed by atoms with Gasteiger partial charge >= 0.3 is 0 Å². The molecule has 0 bridgehead atoms. The Bertz CT molecular complexity index is 390. The molecular formula is C14H20N2OS. The second-order valence-corrected chi connectivity index (χ2v) is 4.59.